The number of morpholine rings is 1. The number of aromatic nitrogens is 2. The summed E-state index contributed by atoms with van der Waals surface area (Å²) < 4.78 is 17.4. The van der Waals surface area contributed by atoms with Crippen molar-refractivity contribution in [2.75, 3.05) is 44.0 Å². The van der Waals surface area contributed by atoms with Crippen LogP contribution in [0, 0.1) is 0 Å². The predicted molar refractivity (Wildman–Crippen MR) is 88.1 cm³/mol. The smallest absolute Gasteiger partial charge is 0.232 e. The van der Waals surface area contributed by atoms with Gasteiger partial charge in [-0.05, 0) is 24.4 Å². The molecule has 1 aromatic heterocycles. The molecule has 1 unspecified atom stereocenters. The molecule has 1 amide bonds. The number of anilines is 1. The van der Waals surface area contributed by atoms with Crippen LogP contribution in [0.3, 0.4) is 0 Å². The number of nitrogens with zero attached hydrogens (tertiary/aromatic N) is 3. The molecule has 3 rings (SSSR count). The quantitative estimate of drug-likeness (QED) is 0.769. The van der Waals surface area contributed by atoms with Gasteiger partial charge in [-0.15, -0.1) is 0 Å². The Morgan fingerprint density at radius 3 is 2.74 bits per heavy atom. The molecular formula is C14H19ClN4O3S. The number of ether oxygens (including phenoxy) is 1. The van der Waals surface area contributed by atoms with E-state index in [1.165, 1.54) is 7.05 Å². The van der Waals surface area contributed by atoms with Crippen LogP contribution in [-0.4, -0.2) is 59.2 Å². The summed E-state index contributed by atoms with van der Waals surface area (Å²) in [4.78, 5) is 22.2. The average Bonchev–Trinajstić information content (AvgIpc) is 3.37. The van der Waals surface area contributed by atoms with Crippen molar-refractivity contribution in [1.82, 2.24) is 15.3 Å². The van der Waals surface area contributed by atoms with Crippen LogP contribution in [0.4, 0.5) is 5.82 Å². The highest BCUT2D eigenvalue weighted by molar-refractivity contribution is 7.87. The molecule has 1 atom stereocenters. The molecule has 9 heteroatoms. The second kappa shape index (κ2) is 6.70. The lowest BCUT2D eigenvalue weighted by atomic mass is 10.2. The molecule has 0 spiro atoms. The molecule has 2 fully saturated rings. The number of carbonyl (C=O) groups is 1. The molecule has 1 saturated heterocycles. The van der Waals surface area contributed by atoms with Gasteiger partial charge in [0.2, 0.25) is 11.2 Å². The Kier molecular flexibility index (Phi) is 4.84. The predicted octanol–water partition coefficient (Wildman–Crippen LogP) is 0.450. The van der Waals surface area contributed by atoms with Gasteiger partial charge in [0.05, 0.1) is 23.7 Å². The fraction of sp³-hybridized carbons (Fsp3) is 0.643. The highest BCUT2D eigenvalue weighted by Gasteiger charge is 2.52. The molecule has 1 aliphatic carbocycles. The zero-order valence-electron chi connectivity index (χ0n) is 12.9. The third-order valence-electron chi connectivity index (χ3n) is 4.17. The summed E-state index contributed by atoms with van der Waals surface area (Å²) in [5.41, 5.74) is 0.668. The SMILES string of the molecule is CNC(=O)CS(=O)C1(c2cc(N3CCOCC3)nc(Cl)n2)CC1. The number of hydrogen-bond donors (Lipinski definition) is 1. The molecule has 1 N–H and O–H groups in total. The summed E-state index contributed by atoms with van der Waals surface area (Å²) in [6.07, 6.45) is 1.49. The standard InChI is InChI=1S/C14H19ClN4O3S/c1-16-12(20)9-23(21)14(2-3-14)10-8-11(18-13(15)17-10)19-4-6-22-7-5-19/h8H,2-7,9H2,1H3,(H,16,20). The van der Waals surface area contributed by atoms with E-state index in [1.807, 2.05) is 6.07 Å². The van der Waals surface area contributed by atoms with E-state index in [0.717, 1.165) is 31.7 Å². The van der Waals surface area contributed by atoms with Crippen LogP contribution in [0.15, 0.2) is 6.07 Å². The molecule has 7 nitrogen and oxygen atoms in total. The van der Waals surface area contributed by atoms with E-state index in [2.05, 4.69) is 20.2 Å². The van der Waals surface area contributed by atoms with E-state index in [1.54, 1.807) is 0 Å². The lowest BCUT2D eigenvalue weighted by molar-refractivity contribution is -0.118. The van der Waals surface area contributed by atoms with Crippen molar-refractivity contribution in [1.29, 1.82) is 0 Å². The highest BCUT2D eigenvalue weighted by Crippen LogP contribution is 2.51. The third kappa shape index (κ3) is 3.49. The molecule has 126 valence electrons. The fourth-order valence-corrected chi connectivity index (χ4v) is 4.37. The fourth-order valence-electron chi connectivity index (χ4n) is 2.64. The van der Waals surface area contributed by atoms with E-state index in [0.29, 0.717) is 18.9 Å². The van der Waals surface area contributed by atoms with E-state index in [-0.39, 0.29) is 16.9 Å². The van der Waals surface area contributed by atoms with Crippen molar-refractivity contribution in [3.63, 3.8) is 0 Å². The summed E-state index contributed by atoms with van der Waals surface area (Å²) in [6, 6.07) is 1.85. The van der Waals surface area contributed by atoms with Crippen molar-refractivity contribution in [2.45, 2.75) is 17.6 Å². The van der Waals surface area contributed by atoms with Crippen LogP contribution in [0.25, 0.3) is 0 Å². The van der Waals surface area contributed by atoms with Crippen LogP contribution >= 0.6 is 11.6 Å². The Bertz CT molecular complexity index is 632. The monoisotopic (exact) mass is 358 g/mol. The Hall–Kier alpha value is -1.25. The molecule has 0 radical (unpaired) electrons. The van der Waals surface area contributed by atoms with Gasteiger partial charge in [0.15, 0.2) is 0 Å². The Labute approximate surface area is 142 Å². The van der Waals surface area contributed by atoms with Crippen LogP contribution in [0.5, 0.6) is 0 Å². The first kappa shape index (κ1) is 16.6. The molecule has 1 aromatic rings. The van der Waals surface area contributed by atoms with Gasteiger partial charge in [-0.1, -0.05) is 0 Å². The van der Waals surface area contributed by atoms with Gasteiger partial charge in [0.25, 0.3) is 0 Å². The number of carbonyl (C=O) groups excluding carboxylic acids is 1. The second-order valence-electron chi connectivity index (χ2n) is 5.64. The molecular weight excluding hydrogens is 340 g/mol. The Morgan fingerprint density at radius 1 is 1.43 bits per heavy atom. The lowest BCUT2D eigenvalue weighted by Crippen LogP contribution is -2.37. The maximum Gasteiger partial charge on any atom is 0.232 e. The van der Waals surface area contributed by atoms with Crippen molar-refractivity contribution in [3.05, 3.63) is 17.0 Å². The van der Waals surface area contributed by atoms with Gasteiger partial charge in [-0.2, -0.15) is 0 Å². The van der Waals surface area contributed by atoms with Crippen molar-refractivity contribution in [2.24, 2.45) is 0 Å². The van der Waals surface area contributed by atoms with E-state index in [4.69, 9.17) is 16.3 Å². The maximum absolute atomic E-state index is 12.6. The minimum absolute atomic E-state index is 0.0228. The molecule has 1 saturated carbocycles. The van der Waals surface area contributed by atoms with E-state index >= 15 is 0 Å². The normalized spacial score (nSPS) is 20.9. The summed E-state index contributed by atoms with van der Waals surface area (Å²) >= 11 is 6.08. The van der Waals surface area contributed by atoms with Gasteiger partial charge in [0.1, 0.15) is 11.6 Å². The Morgan fingerprint density at radius 2 is 2.13 bits per heavy atom. The zero-order valence-corrected chi connectivity index (χ0v) is 14.5. The van der Waals surface area contributed by atoms with Crippen molar-refractivity contribution >= 4 is 34.1 Å². The van der Waals surface area contributed by atoms with Crippen molar-refractivity contribution in [3.8, 4) is 0 Å². The van der Waals surface area contributed by atoms with Crippen LogP contribution in [-0.2, 0) is 25.1 Å². The van der Waals surface area contributed by atoms with Gasteiger partial charge in [0, 0.05) is 37.0 Å². The van der Waals surface area contributed by atoms with Crippen LogP contribution in [0.1, 0.15) is 18.5 Å². The number of nitrogens with one attached hydrogen (secondary N) is 1. The van der Waals surface area contributed by atoms with Gasteiger partial charge < -0.3 is 15.0 Å². The van der Waals surface area contributed by atoms with E-state index in [9.17, 15) is 9.00 Å². The number of hydrogen-bond acceptors (Lipinski definition) is 6. The van der Waals surface area contributed by atoms with E-state index < -0.39 is 15.5 Å². The molecule has 2 aliphatic rings. The Balaban J connectivity index is 1.86. The van der Waals surface area contributed by atoms with Crippen molar-refractivity contribution < 1.29 is 13.7 Å². The molecule has 23 heavy (non-hydrogen) atoms. The third-order valence-corrected chi connectivity index (χ3v) is 6.35. The number of rotatable bonds is 5. The minimum Gasteiger partial charge on any atom is -0.378 e. The highest BCUT2D eigenvalue weighted by atomic mass is 35.5. The molecule has 2 heterocycles. The van der Waals surface area contributed by atoms with Crippen LogP contribution in [0.2, 0.25) is 5.28 Å². The zero-order chi connectivity index (χ0) is 16.4. The molecule has 1 aliphatic heterocycles. The maximum atomic E-state index is 12.6. The second-order valence-corrected chi connectivity index (χ2v) is 7.74. The summed E-state index contributed by atoms with van der Waals surface area (Å²) in [5, 5.41) is 2.65. The molecule has 0 bridgehead atoms. The largest absolute Gasteiger partial charge is 0.378 e. The van der Waals surface area contributed by atoms with Gasteiger partial charge >= 0.3 is 0 Å². The first-order valence-electron chi connectivity index (χ1n) is 7.52. The molecule has 0 aromatic carbocycles. The number of amides is 1. The first-order valence-corrected chi connectivity index (χ1v) is 9.22. The van der Waals surface area contributed by atoms with Crippen LogP contribution < -0.4 is 10.2 Å². The average molecular weight is 359 g/mol. The minimum atomic E-state index is -1.33. The summed E-state index contributed by atoms with van der Waals surface area (Å²) in [7, 11) is 0.213. The first-order chi connectivity index (χ1) is 11.0. The number of halogens is 1. The van der Waals surface area contributed by atoms with Gasteiger partial charge in [-0.3, -0.25) is 9.00 Å². The topological polar surface area (TPSA) is 84.4 Å². The van der Waals surface area contributed by atoms with Gasteiger partial charge in [-0.25, -0.2) is 9.97 Å². The summed E-state index contributed by atoms with van der Waals surface area (Å²) in [5.74, 6) is 0.472. The summed E-state index contributed by atoms with van der Waals surface area (Å²) in [6.45, 7) is 2.76. The lowest BCUT2D eigenvalue weighted by Gasteiger charge is -2.28.